The topological polar surface area (TPSA) is 21.7 Å². The molecule has 0 fully saturated rings. The molecule has 212 valence electrons. The second kappa shape index (κ2) is 15.5. The number of rotatable bonds is 14. The fraction of sp³-hybridized carbons (Fsp3) is 0.263. The van der Waals surface area contributed by atoms with Crippen LogP contribution >= 0.6 is 0 Å². The highest BCUT2D eigenvalue weighted by molar-refractivity contribution is 5.79. The zero-order chi connectivity index (χ0) is 28.9. The van der Waals surface area contributed by atoms with Crippen molar-refractivity contribution in [2.24, 2.45) is 0 Å². The van der Waals surface area contributed by atoms with Crippen LogP contribution in [0.5, 0.6) is 11.5 Å². The Morgan fingerprint density at radius 2 is 1.15 bits per heavy atom. The van der Waals surface area contributed by atoms with Gasteiger partial charge in [-0.3, -0.25) is 0 Å². The SMILES string of the molecule is CC=Cc1ccc(N(c2ccccc2)c2ccc(C=Cc3cc(OCCCC)c(C)cc3OCCCC)cc2)cc1. The minimum Gasteiger partial charge on any atom is -0.493 e. The van der Waals surface area contributed by atoms with Crippen molar-refractivity contribution in [3.05, 3.63) is 119 Å². The first-order chi connectivity index (χ1) is 20.1. The fourth-order valence-electron chi connectivity index (χ4n) is 4.61. The van der Waals surface area contributed by atoms with E-state index in [4.69, 9.17) is 9.47 Å². The van der Waals surface area contributed by atoms with Crippen molar-refractivity contribution in [1.29, 1.82) is 0 Å². The van der Waals surface area contributed by atoms with Crippen LogP contribution in [0.25, 0.3) is 18.2 Å². The van der Waals surface area contributed by atoms with Gasteiger partial charge in [0.2, 0.25) is 0 Å². The van der Waals surface area contributed by atoms with Gasteiger partial charge in [-0.1, -0.05) is 93.5 Å². The van der Waals surface area contributed by atoms with Crippen molar-refractivity contribution < 1.29 is 9.47 Å². The number of hydrogen-bond acceptors (Lipinski definition) is 3. The average molecular weight is 546 g/mol. The Balaban J connectivity index is 1.61. The lowest BCUT2D eigenvalue weighted by Gasteiger charge is -2.25. The van der Waals surface area contributed by atoms with Crippen LogP contribution in [0.3, 0.4) is 0 Å². The first-order valence-electron chi connectivity index (χ1n) is 14.9. The summed E-state index contributed by atoms with van der Waals surface area (Å²) in [5.41, 5.74) is 7.81. The third-order valence-electron chi connectivity index (χ3n) is 6.95. The summed E-state index contributed by atoms with van der Waals surface area (Å²) in [6.45, 7) is 9.94. The largest absolute Gasteiger partial charge is 0.493 e. The Labute approximate surface area is 246 Å². The molecule has 0 aliphatic heterocycles. The van der Waals surface area contributed by atoms with Gasteiger partial charge in [0.15, 0.2) is 0 Å². The van der Waals surface area contributed by atoms with Crippen LogP contribution in [-0.4, -0.2) is 13.2 Å². The zero-order valence-corrected chi connectivity index (χ0v) is 25.0. The molecule has 3 heteroatoms. The van der Waals surface area contributed by atoms with Gasteiger partial charge < -0.3 is 14.4 Å². The molecule has 3 nitrogen and oxygen atoms in total. The third-order valence-corrected chi connectivity index (χ3v) is 6.95. The Bertz CT molecular complexity index is 1400. The molecule has 41 heavy (non-hydrogen) atoms. The van der Waals surface area contributed by atoms with E-state index in [1.54, 1.807) is 0 Å². The Kier molecular flexibility index (Phi) is 11.3. The highest BCUT2D eigenvalue weighted by atomic mass is 16.5. The van der Waals surface area contributed by atoms with Crippen LogP contribution in [0.2, 0.25) is 0 Å². The van der Waals surface area contributed by atoms with Crippen LogP contribution in [0.15, 0.2) is 97.1 Å². The van der Waals surface area contributed by atoms with E-state index in [2.05, 4.69) is 141 Å². The molecule has 0 saturated carbocycles. The summed E-state index contributed by atoms with van der Waals surface area (Å²) >= 11 is 0. The minimum absolute atomic E-state index is 0.715. The van der Waals surface area contributed by atoms with Gasteiger partial charge in [0.25, 0.3) is 0 Å². The second-order valence-corrected chi connectivity index (χ2v) is 10.2. The number of ether oxygens (including phenoxy) is 2. The van der Waals surface area contributed by atoms with E-state index in [0.29, 0.717) is 6.61 Å². The summed E-state index contributed by atoms with van der Waals surface area (Å²) in [5.74, 6) is 1.83. The van der Waals surface area contributed by atoms with Crippen LogP contribution in [0, 0.1) is 6.92 Å². The molecule has 0 bridgehead atoms. The molecule has 0 aliphatic carbocycles. The Hall–Kier alpha value is -4.24. The van der Waals surface area contributed by atoms with E-state index in [1.165, 1.54) is 5.56 Å². The lowest BCUT2D eigenvalue weighted by molar-refractivity contribution is 0.299. The van der Waals surface area contributed by atoms with Crippen molar-refractivity contribution in [3.8, 4) is 11.5 Å². The van der Waals surface area contributed by atoms with Gasteiger partial charge in [-0.05, 0) is 91.9 Å². The maximum Gasteiger partial charge on any atom is 0.127 e. The van der Waals surface area contributed by atoms with E-state index in [1.807, 2.05) is 6.92 Å². The lowest BCUT2D eigenvalue weighted by atomic mass is 10.1. The van der Waals surface area contributed by atoms with Crippen LogP contribution in [0.1, 0.15) is 68.7 Å². The number of unbranched alkanes of at least 4 members (excludes halogenated alkanes) is 2. The summed E-state index contributed by atoms with van der Waals surface area (Å²) in [6, 6.07) is 32.1. The summed E-state index contributed by atoms with van der Waals surface area (Å²) in [5, 5.41) is 0. The molecule has 4 aromatic rings. The maximum absolute atomic E-state index is 6.18. The van der Waals surface area contributed by atoms with E-state index >= 15 is 0 Å². The average Bonchev–Trinajstić information content (AvgIpc) is 3.00. The minimum atomic E-state index is 0.715. The third kappa shape index (κ3) is 8.38. The van der Waals surface area contributed by atoms with E-state index in [9.17, 15) is 0 Å². The zero-order valence-electron chi connectivity index (χ0n) is 25.0. The predicted molar refractivity (Wildman–Crippen MR) is 177 cm³/mol. The summed E-state index contributed by atoms with van der Waals surface area (Å²) in [6.07, 6.45) is 12.8. The summed E-state index contributed by atoms with van der Waals surface area (Å²) < 4.78 is 12.3. The molecule has 0 heterocycles. The number of para-hydroxylation sites is 1. The highest BCUT2D eigenvalue weighted by Crippen LogP contribution is 2.35. The molecular formula is C38H43NO2. The molecule has 0 unspecified atom stereocenters. The fourth-order valence-corrected chi connectivity index (χ4v) is 4.61. The van der Waals surface area contributed by atoms with Crippen LogP contribution < -0.4 is 14.4 Å². The van der Waals surface area contributed by atoms with E-state index in [-0.39, 0.29) is 0 Å². The molecule has 0 aliphatic rings. The standard InChI is InChI=1S/C38H43NO2/c1-5-8-26-40-37-29-33(38(28-30(37)4)41-27-9-6-2)21-16-32-19-24-36(25-20-32)39(34-14-11-10-12-15-34)35-22-17-31(13-7-3)18-23-35/h7,10-25,28-29H,5-6,8-9,26-27H2,1-4H3. The first-order valence-corrected chi connectivity index (χ1v) is 14.9. The number of allylic oxidation sites excluding steroid dienone is 1. The summed E-state index contributed by atoms with van der Waals surface area (Å²) in [4.78, 5) is 2.28. The van der Waals surface area contributed by atoms with Gasteiger partial charge in [0.05, 0.1) is 13.2 Å². The number of benzene rings is 4. The van der Waals surface area contributed by atoms with Gasteiger partial charge in [0, 0.05) is 22.6 Å². The van der Waals surface area contributed by atoms with Crippen molar-refractivity contribution in [2.45, 2.75) is 53.4 Å². The Morgan fingerprint density at radius 1 is 0.610 bits per heavy atom. The van der Waals surface area contributed by atoms with Crippen LogP contribution in [-0.2, 0) is 0 Å². The Morgan fingerprint density at radius 3 is 1.71 bits per heavy atom. The molecule has 0 N–H and O–H groups in total. The van der Waals surface area contributed by atoms with Gasteiger partial charge >= 0.3 is 0 Å². The molecule has 0 spiro atoms. The summed E-state index contributed by atoms with van der Waals surface area (Å²) in [7, 11) is 0. The normalized spacial score (nSPS) is 11.3. The number of nitrogens with zero attached hydrogens (tertiary/aromatic N) is 1. The molecule has 4 aromatic carbocycles. The van der Waals surface area contributed by atoms with Gasteiger partial charge in [0.1, 0.15) is 11.5 Å². The van der Waals surface area contributed by atoms with Gasteiger partial charge in [-0.25, -0.2) is 0 Å². The monoisotopic (exact) mass is 545 g/mol. The second-order valence-electron chi connectivity index (χ2n) is 10.2. The van der Waals surface area contributed by atoms with E-state index < -0.39 is 0 Å². The predicted octanol–water partition coefficient (Wildman–Crippen LogP) is 11.0. The van der Waals surface area contributed by atoms with Crippen molar-refractivity contribution in [3.63, 3.8) is 0 Å². The smallest absolute Gasteiger partial charge is 0.127 e. The highest BCUT2D eigenvalue weighted by Gasteiger charge is 2.12. The molecular weight excluding hydrogens is 502 g/mol. The molecule has 0 saturated heterocycles. The number of anilines is 3. The molecule has 0 atom stereocenters. The molecule has 0 amide bonds. The first kappa shape index (κ1) is 29.7. The van der Waals surface area contributed by atoms with Gasteiger partial charge in [-0.2, -0.15) is 0 Å². The van der Waals surface area contributed by atoms with Crippen LogP contribution in [0.4, 0.5) is 17.1 Å². The quantitative estimate of drug-likeness (QED) is 0.116. The molecule has 4 rings (SSSR count). The molecule has 0 aromatic heterocycles. The number of aryl methyl sites for hydroxylation is 1. The maximum atomic E-state index is 6.18. The molecule has 0 radical (unpaired) electrons. The van der Waals surface area contributed by atoms with E-state index in [0.717, 1.165) is 77.5 Å². The van der Waals surface area contributed by atoms with Crippen molar-refractivity contribution >= 4 is 35.3 Å². The van der Waals surface area contributed by atoms with Crippen molar-refractivity contribution in [1.82, 2.24) is 0 Å². The number of hydrogen-bond donors (Lipinski definition) is 0. The van der Waals surface area contributed by atoms with Crippen molar-refractivity contribution in [2.75, 3.05) is 18.1 Å². The van der Waals surface area contributed by atoms with Gasteiger partial charge in [-0.15, -0.1) is 0 Å². The lowest BCUT2D eigenvalue weighted by Crippen LogP contribution is -2.09.